The summed E-state index contributed by atoms with van der Waals surface area (Å²) in [5, 5.41) is 3.18. The molecule has 1 N–H and O–H groups in total. The van der Waals surface area contributed by atoms with E-state index in [1.165, 1.54) is 0 Å². The normalized spacial score (nSPS) is 16.1. The van der Waals surface area contributed by atoms with Crippen molar-refractivity contribution >= 4 is 11.6 Å². The fourth-order valence-corrected chi connectivity index (χ4v) is 2.33. The minimum atomic E-state index is 0.159. The van der Waals surface area contributed by atoms with Crippen LogP contribution in [0.3, 0.4) is 0 Å². The molecule has 0 saturated carbocycles. The Morgan fingerprint density at radius 3 is 2.60 bits per heavy atom. The third kappa shape index (κ3) is 3.63. The second kappa shape index (κ2) is 6.61. The Bertz CT molecular complexity index is 468. The molecular weight excluding hydrogens is 254 g/mol. The van der Waals surface area contributed by atoms with Gasteiger partial charge in [0, 0.05) is 31.9 Å². The van der Waals surface area contributed by atoms with Crippen LogP contribution in [0.4, 0.5) is 5.69 Å². The molecule has 0 aliphatic carbocycles. The van der Waals surface area contributed by atoms with Crippen LogP contribution in [0.25, 0.3) is 0 Å². The van der Waals surface area contributed by atoms with Gasteiger partial charge in [0.05, 0.1) is 13.7 Å². The lowest BCUT2D eigenvalue weighted by Gasteiger charge is -2.32. The lowest BCUT2D eigenvalue weighted by molar-refractivity contribution is -0.130. The Morgan fingerprint density at radius 1 is 1.30 bits per heavy atom. The molecule has 1 fully saturated rings. The molecule has 1 aromatic rings. The highest BCUT2D eigenvalue weighted by atomic mass is 16.5. The van der Waals surface area contributed by atoms with Crippen LogP contribution in [-0.2, 0) is 4.79 Å². The van der Waals surface area contributed by atoms with Gasteiger partial charge in [-0.1, -0.05) is 0 Å². The third-order valence-electron chi connectivity index (χ3n) is 3.69. The van der Waals surface area contributed by atoms with E-state index in [1.807, 2.05) is 30.0 Å². The van der Waals surface area contributed by atoms with Crippen LogP contribution in [0.15, 0.2) is 18.2 Å². The number of rotatable bonds is 4. The number of nitrogens with zero attached hydrogens (tertiary/aromatic N) is 2. The van der Waals surface area contributed by atoms with E-state index in [1.54, 1.807) is 7.11 Å². The second-order valence-electron chi connectivity index (χ2n) is 5.22. The number of carbonyl (C=O) groups excluding carboxylic acids is 1. The van der Waals surface area contributed by atoms with E-state index in [2.05, 4.69) is 17.3 Å². The van der Waals surface area contributed by atoms with Crippen molar-refractivity contribution in [1.82, 2.24) is 9.80 Å². The molecule has 2 rings (SSSR count). The number of hydrogen-bond donors (Lipinski definition) is 1. The molecule has 1 heterocycles. The largest absolute Gasteiger partial charge is 0.496 e. The summed E-state index contributed by atoms with van der Waals surface area (Å²) >= 11 is 0. The van der Waals surface area contributed by atoms with E-state index in [-0.39, 0.29) is 5.91 Å². The van der Waals surface area contributed by atoms with E-state index < -0.39 is 0 Å². The lowest BCUT2D eigenvalue weighted by atomic mass is 10.2. The molecule has 0 bridgehead atoms. The highest BCUT2D eigenvalue weighted by Crippen LogP contribution is 2.21. The van der Waals surface area contributed by atoms with Crippen LogP contribution in [-0.4, -0.2) is 62.6 Å². The maximum Gasteiger partial charge on any atom is 0.241 e. The first-order valence-electron chi connectivity index (χ1n) is 6.95. The predicted molar refractivity (Wildman–Crippen MR) is 80.3 cm³/mol. The summed E-state index contributed by atoms with van der Waals surface area (Å²) in [5.41, 5.74) is 2.01. The van der Waals surface area contributed by atoms with Gasteiger partial charge in [-0.2, -0.15) is 0 Å². The quantitative estimate of drug-likeness (QED) is 0.898. The first kappa shape index (κ1) is 14.7. The fraction of sp³-hybridized carbons (Fsp3) is 0.533. The fourth-order valence-electron chi connectivity index (χ4n) is 2.33. The van der Waals surface area contributed by atoms with E-state index in [4.69, 9.17) is 4.74 Å². The number of methoxy groups -OCH3 is 1. The number of ether oxygens (including phenoxy) is 1. The Kier molecular flexibility index (Phi) is 4.84. The van der Waals surface area contributed by atoms with Crippen molar-refractivity contribution in [2.45, 2.75) is 6.92 Å². The summed E-state index contributed by atoms with van der Waals surface area (Å²) in [6.07, 6.45) is 0. The standard InChI is InChI=1S/C15H23N3O2/c1-12-10-13(4-5-14(12)20-3)16-11-15(19)18-8-6-17(2)7-9-18/h4-5,10,16H,6-9,11H2,1-3H3. The maximum absolute atomic E-state index is 12.1. The third-order valence-corrected chi connectivity index (χ3v) is 3.69. The number of nitrogens with one attached hydrogen (secondary N) is 1. The minimum absolute atomic E-state index is 0.159. The van der Waals surface area contributed by atoms with E-state index in [9.17, 15) is 4.79 Å². The smallest absolute Gasteiger partial charge is 0.241 e. The Labute approximate surface area is 120 Å². The average Bonchev–Trinajstić information content (AvgIpc) is 2.45. The van der Waals surface area contributed by atoms with Crippen LogP contribution >= 0.6 is 0 Å². The molecule has 0 aromatic heterocycles. The number of anilines is 1. The number of benzene rings is 1. The van der Waals surface area contributed by atoms with Crippen LogP contribution in [0.1, 0.15) is 5.56 Å². The first-order valence-corrected chi connectivity index (χ1v) is 6.95. The van der Waals surface area contributed by atoms with Gasteiger partial charge in [-0.05, 0) is 37.7 Å². The summed E-state index contributed by atoms with van der Waals surface area (Å²) in [4.78, 5) is 16.3. The molecule has 0 unspecified atom stereocenters. The number of amides is 1. The number of aryl methyl sites for hydroxylation is 1. The van der Waals surface area contributed by atoms with E-state index in [0.29, 0.717) is 6.54 Å². The van der Waals surface area contributed by atoms with Gasteiger partial charge < -0.3 is 19.9 Å². The molecule has 20 heavy (non-hydrogen) atoms. The van der Waals surface area contributed by atoms with Crippen molar-refractivity contribution in [1.29, 1.82) is 0 Å². The van der Waals surface area contributed by atoms with Gasteiger partial charge in [-0.25, -0.2) is 0 Å². The van der Waals surface area contributed by atoms with Gasteiger partial charge >= 0.3 is 0 Å². The molecule has 1 aliphatic heterocycles. The van der Waals surface area contributed by atoms with Crippen molar-refractivity contribution in [3.63, 3.8) is 0 Å². The van der Waals surface area contributed by atoms with Gasteiger partial charge in [0.1, 0.15) is 5.75 Å². The summed E-state index contributed by atoms with van der Waals surface area (Å²) < 4.78 is 5.22. The minimum Gasteiger partial charge on any atom is -0.496 e. The molecular formula is C15H23N3O2. The lowest BCUT2D eigenvalue weighted by Crippen LogP contribution is -2.48. The van der Waals surface area contributed by atoms with Gasteiger partial charge in [0.15, 0.2) is 0 Å². The van der Waals surface area contributed by atoms with Gasteiger partial charge in [0.2, 0.25) is 5.91 Å². The van der Waals surface area contributed by atoms with Crippen molar-refractivity contribution < 1.29 is 9.53 Å². The molecule has 5 nitrogen and oxygen atoms in total. The summed E-state index contributed by atoms with van der Waals surface area (Å²) in [6.45, 7) is 5.87. The van der Waals surface area contributed by atoms with Gasteiger partial charge in [0.25, 0.3) is 0 Å². The summed E-state index contributed by atoms with van der Waals surface area (Å²) in [7, 11) is 3.74. The maximum atomic E-state index is 12.1. The van der Waals surface area contributed by atoms with E-state index in [0.717, 1.165) is 43.2 Å². The predicted octanol–water partition coefficient (Wildman–Crippen LogP) is 1.19. The molecule has 110 valence electrons. The molecule has 0 radical (unpaired) electrons. The van der Waals surface area contributed by atoms with Crippen LogP contribution < -0.4 is 10.1 Å². The zero-order valence-corrected chi connectivity index (χ0v) is 12.5. The SMILES string of the molecule is COc1ccc(NCC(=O)N2CCN(C)CC2)cc1C. The Balaban J connectivity index is 1.85. The number of carbonyl (C=O) groups is 1. The van der Waals surface area contributed by atoms with Crippen LogP contribution in [0.5, 0.6) is 5.75 Å². The first-order chi connectivity index (χ1) is 9.60. The summed E-state index contributed by atoms with van der Waals surface area (Å²) in [6, 6.07) is 5.84. The molecule has 5 heteroatoms. The average molecular weight is 277 g/mol. The summed E-state index contributed by atoms with van der Waals surface area (Å²) in [5.74, 6) is 1.02. The molecule has 0 atom stereocenters. The van der Waals surface area contributed by atoms with Crippen molar-refractivity contribution in [2.24, 2.45) is 0 Å². The zero-order valence-electron chi connectivity index (χ0n) is 12.5. The Morgan fingerprint density at radius 2 is 2.00 bits per heavy atom. The molecule has 1 aromatic carbocycles. The van der Waals surface area contributed by atoms with E-state index >= 15 is 0 Å². The highest BCUT2D eigenvalue weighted by Gasteiger charge is 2.18. The highest BCUT2D eigenvalue weighted by molar-refractivity contribution is 5.81. The van der Waals surface area contributed by atoms with Crippen molar-refractivity contribution in [3.05, 3.63) is 23.8 Å². The molecule has 0 spiro atoms. The molecule has 1 saturated heterocycles. The number of likely N-dealkylation sites (N-methyl/N-ethyl adjacent to an activating group) is 1. The van der Waals surface area contributed by atoms with Crippen LogP contribution in [0, 0.1) is 6.92 Å². The zero-order chi connectivity index (χ0) is 14.5. The topological polar surface area (TPSA) is 44.8 Å². The van der Waals surface area contributed by atoms with Crippen molar-refractivity contribution in [3.8, 4) is 5.75 Å². The number of hydrogen-bond acceptors (Lipinski definition) is 4. The monoisotopic (exact) mass is 277 g/mol. The van der Waals surface area contributed by atoms with Gasteiger partial charge in [-0.15, -0.1) is 0 Å². The van der Waals surface area contributed by atoms with Crippen molar-refractivity contribution in [2.75, 3.05) is 52.2 Å². The Hall–Kier alpha value is -1.75. The van der Waals surface area contributed by atoms with Gasteiger partial charge in [-0.3, -0.25) is 4.79 Å². The number of piperazine rings is 1. The molecule has 1 aliphatic rings. The second-order valence-corrected chi connectivity index (χ2v) is 5.22. The molecule has 1 amide bonds. The van der Waals surface area contributed by atoms with Crippen LogP contribution in [0.2, 0.25) is 0 Å².